The first kappa shape index (κ1) is 13.8. The Morgan fingerprint density at radius 2 is 2.20 bits per heavy atom. The van der Waals surface area contributed by atoms with Crippen LogP contribution in [-0.2, 0) is 11.3 Å². The quantitative estimate of drug-likeness (QED) is 0.822. The molecule has 2 aliphatic rings. The number of hydrogen-bond acceptors (Lipinski definition) is 5. The fraction of sp³-hybridized carbons (Fsp3) is 0.733. The largest absolute Gasteiger partial charge is 0.376 e. The van der Waals surface area contributed by atoms with Crippen LogP contribution in [0, 0.1) is 0 Å². The highest BCUT2D eigenvalue weighted by Crippen LogP contribution is 2.19. The number of anilines is 1. The first-order chi connectivity index (χ1) is 9.85. The number of nitrogens with one attached hydrogen (secondary N) is 1. The second-order valence-corrected chi connectivity index (χ2v) is 5.69. The van der Waals surface area contributed by atoms with Crippen molar-refractivity contribution in [2.24, 2.45) is 0 Å². The number of rotatable bonds is 7. The van der Waals surface area contributed by atoms with E-state index in [0.29, 0.717) is 12.1 Å². The lowest BCUT2D eigenvalue weighted by Gasteiger charge is -2.24. The lowest BCUT2D eigenvalue weighted by atomic mass is 10.2. The smallest absolute Gasteiger partial charge is 0.147 e. The lowest BCUT2D eigenvalue weighted by Crippen LogP contribution is -2.32. The SMILES string of the molecule is CCN(CC1CCCO1)c1cnc(CNC2CC2)cn1. The van der Waals surface area contributed by atoms with Crippen molar-refractivity contribution in [1.29, 1.82) is 0 Å². The number of ether oxygens (including phenoxy) is 1. The van der Waals surface area contributed by atoms with Gasteiger partial charge in [-0.2, -0.15) is 0 Å². The summed E-state index contributed by atoms with van der Waals surface area (Å²) < 4.78 is 5.70. The van der Waals surface area contributed by atoms with Gasteiger partial charge in [0.05, 0.1) is 24.2 Å². The second-order valence-electron chi connectivity index (χ2n) is 5.69. The first-order valence-electron chi connectivity index (χ1n) is 7.76. The fourth-order valence-corrected chi connectivity index (χ4v) is 2.56. The number of likely N-dealkylation sites (N-methyl/N-ethyl adjacent to an activating group) is 1. The molecule has 1 saturated heterocycles. The molecule has 1 saturated carbocycles. The molecule has 2 fully saturated rings. The van der Waals surface area contributed by atoms with E-state index in [2.05, 4.69) is 27.1 Å². The highest BCUT2D eigenvalue weighted by molar-refractivity contribution is 5.35. The highest BCUT2D eigenvalue weighted by atomic mass is 16.5. The molecular weight excluding hydrogens is 252 g/mol. The Morgan fingerprint density at radius 3 is 2.80 bits per heavy atom. The highest BCUT2D eigenvalue weighted by Gasteiger charge is 2.21. The molecule has 1 aromatic heterocycles. The Morgan fingerprint density at radius 1 is 1.30 bits per heavy atom. The molecule has 0 spiro atoms. The van der Waals surface area contributed by atoms with Gasteiger partial charge in [-0.15, -0.1) is 0 Å². The van der Waals surface area contributed by atoms with E-state index in [1.54, 1.807) is 0 Å². The van der Waals surface area contributed by atoms with E-state index < -0.39 is 0 Å². The Hall–Kier alpha value is -1.20. The number of nitrogens with zero attached hydrogens (tertiary/aromatic N) is 3. The van der Waals surface area contributed by atoms with Gasteiger partial charge in [0.1, 0.15) is 5.82 Å². The van der Waals surface area contributed by atoms with Crippen LogP contribution in [0.25, 0.3) is 0 Å². The van der Waals surface area contributed by atoms with Gasteiger partial charge in [-0.1, -0.05) is 0 Å². The second kappa shape index (κ2) is 6.50. The van der Waals surface area contributed by atoms with E-state index in [9.17, 15) is 0 Å². The molecule has 3 rings (SSSR count). The van der Waals surface area contributed by atoms with Crippen molar-refractivity contribution < 1.29 is 4.74 Å². The average Bonchev–Trinajstić information content (AvgIpc) is 3.18. The van der Waals surface area contributed by atoms with E-state index >= 15 is 0 Å². The van der Waals surface area contributed by atoms with Gasteiger partial charge in [0, 0.05) is 32.3 Å². The predicted molar refractivity (Wildman–Crippen MR) is 78.8 cm³/mol. The van der Waals surface area contributed by atoms with Crippen LogP contribution < -0.4 is 10.2 Å². The summed E-state index contributed by atoms with van der Waals surface area (Å²) in [5.41, 5.74) is 1.02. The zero-order valence-electron chi connectivity index (χ0n) is 12.2. The number of aromatic nitrogens is 2. The molecule has 0 bridgehead atoms. The van der Waals surface area contributed by atoms with Crippen molar-refractivity contribution in [3.63, 3.8) is 0 Å². The first-order valence-corrected chi connectivity index (χ1v) is 7.76. The topological polar surface area (TPSA) is 50.3 Å². The molecule has 20 heavy (non-hydrogen) atoms. The third-order valence-corrected chi connectivity index (χ3v) is 3.99. The summed E-state index contributed by atoms with van der Waals surface area (Å²) in [7, 11) is 0. The maximum atomic E-state index is 5.70. The summed E-state index contributed by atoms with van der Waals surface area (Å²) in [6.07, 6.45) is 9.08. The fourth-order valence-electron chi connectivity index (χ4n) is 2.56. The van der Waals surface area contributed by atoms with E-state index in [0.717, 1.165) is 44.2 Å². The van der Waals surface area contributed by atoms with Crippen LogP contribution in [0.2, 0.25) is 0 Å². The van der Waals surface area contributed by atoms with Crippen LogP contribution in [0.3, 0.4) is 0 Å². The molecule has 1 N–H and O–H groups in total. The summed E-state index contributed by atoms with van der Waals surface area (Å²) in [6.45, 7) is 5.74. The van der Waals surface area contributed by atoms with E-state index in [4.69, 9.17) is 4.74 Å². The summed E-state index contributed by atoms with van der Waals surface area (Å²) in [4.78, 5) is 11.3. The predicted octanol–water partition coefficient (Wildman–Crippen LogP) is 1.73. The molecule has 1 aliphatic carbocycles. The Kier molecular flexibility index (Phi) is 4.47. The summed E-state index contributed by atoms with van der Waals surface area (Å²) in [5.74, 6) is 0.957. The molecule has 2 heterocycles. The van der Waals surface area contributed by atoms with Gasteiger partial charge >= 0.3 is 0 Å². The maximum Gasteiger partial charge on any atom is 0.147 e. The molecule has 5 heteroatoms. The van der Waals surface area contributed by atoms with Crippen molar-refractivity contribution in [2.45, 2.75) is 51.3 Å². The van der Waals surface area contributed by atoms with E-state index in [1.807, 2.05) is 12.4 Å². The molecule has 1 atom stereocenters. The van der Waals surface area contributed by atoms with Gasteiger partial charge in [-0.25, -0.2) is 4.98 Å². The van der Waals surface area contributed by atoms with Gasteiger partial charge in [0.25, 0.3) is 0 Å². The van der Waals surface area contributed by atoms with Crippen LogP contribution in [0.4, 0.5) is 5.82 Å². The lowest BCUT2D eigenvalue weighted by molar-refractivity contribution is 0.115. The Bertz CT molecular complexity index is 412. The summed E-state index contributed by atoms with van der Waals surface area (Å²) in [6, 6.07) is 0.711. The van der Waals surface area contributed by atoms with E-state index in [1.165, 1.54) is 19.3 Å². The average molecular weight is 276 g/mol. The molecule has 1 aromatic rings. The van der Waals surface area contributed by atoms with Crippen LogP contribution in [0.15, 0.2) is 12.4 Å². The van der Waals surface area contributed by atoms with Gasteiger partial charge in [0.15, 0.2) is 0 Å². The maximum absolute atomic E-state index is 5.70. The molecule has 5 nitrogen and oxygen atoms in total. The van der Waals surface area contributed by atoms with Crippen molar-refractivity contribution in [3.8, 4) is 0 Å². The van der Waals surface area contributed by atoms with Crippen molar-refractivity contribution >= 4 is 5.82 Å². The molecule has 0 radical (unpaired) electrons. The zero-order chi connectivity index (χ0) is 13.8. The minimum Gasteiger partial charge on any atom is -0.376 e. The van der Waals surface area contributed by atoms with Crippen LogP contribution in [0.5, 0.6) is 0 Å². The molecule has 0 amide bonds. The molecular formula is C15H24N4O. The third kappa shape index (κ3) is 3.67. The van der Waals surface area contributed by atoms with E-state index in [-0.39, 0.29) is 0 Å². The standard InChI is InChI=1S/C15H24N4O/c1-2-19(11-14-4-3-7-20-14)15-10-17-13(9-18-15)8-16-12-5-6-12/h9-10,12,14,16H,2-8,11H2,1H3. The molecule has 110 valence electrons. The van der Waals surface area contributed by atoms with Crippen molar-refractivity contribution in [3.05, 3.63) is 18.1 Å². The molecule has 1 aliphatic heterocycles. The van der Waals surface area contributed by atoms with Crippen LogP contribution >= 0.6 is 0 Å². The Labute approximate surface area is 120 Å². The van der Waals surface area contributed by atoms with Crippen LogP contribution in [-0.4, -0.2) is 41.8 Å². The minimum absolute atomic E-state index is 0.355. The molecule has 0 aromatic carbocycles. The van der Waals surface area contributed by atoms with Gasteiger partial charge in [-0.3, -0.25) is 4.98 Å². The van der Waals surface area contributed by atoms with Gasteiger partial charge < -0.3 is 15.0 Å². The Balaban J connectivity index is 1.55. The summed E-state index contributed by atoms with van der Waals surface area (Å²) in [5, 5.41) is 3.46. The van der Waals surface area contributed by atoms with Crippen LogP contribution in [0.1, 0.15) is 38.3 Å². The summed E-state index contributed by atoms with van der Waals surface area (Å²) >= 11 is 0. The zero-order valence-corrected chi connectivity index (χ0v) is 12.2. The third-order valence-electron chi connectivity index (χ3n) is 3.99. The number of hydrogen-bond donors (Lipinski definition) is 1. The van der Waals surface area contributed by atoms with Crippen molar-refractivity contribution in [1.82, 2.24) is 15.3 Å². The minimum atomic E-state index is 0.355. The van der Waals surface area contributed by atoms with Gasteiger partial charge in [0.2, 0.25) is 0 Å². The van der Waals surface area contributed by atoms with Crippen molar-refractivity contribution in [2.75, 3.05) is 24.6 Å². The molecule has 1 unspecified atom stereocenters. The normalized spacial score (nSPS) is 22.1. The monoisotopic (exact) mass is 276 g/mol. The van der Waals surface area contributed by atoms with Gasteiger partial charge in [-0.05, 0) is 32.6 Å².